The van der Waals surface area contributed by atoms with Crippen molar-refractivity contribution in [2.45, 2.75) is 57.7 Å². The van der Waals surface area contributed by atoms with Crippen LogP contribution in [0.4, 0.5) is 38.0 Å². The normalized spacial score (nSPS) is 15.2. The van der Waals surface area contributed by atoms with Crippen LogP contribution in [0.15, 0.2) is 42.5 Å². The van der Waals surface area contributed by atoms with E-state index in [1.807, 2.05) is 45.2 Å². The van der Waals surface area contributed by atoms with Crippen LogP contribution < -0.4 is 4.90 Å². The fourth-order valence-corrected chi connectivity index (χ4v) is 4.94. The van der Waals surface area contributed by atoms with E-state index < -0.39 is 23.5 Å². The van der Waals surface area contributed by atoms with Crippen molar-refractivity contribution in [1.29, 1.82) is 0 Å². The second-order valence-electron chi connectivity index (χ2n) is 10.1. The van der Waals surface area contributed by atoms with Gasteiger partial charge in [-0.1, -0.05) is 23.3 Å². The van der Waals surface area contributed by atoms with Crippen LogP contribution >= 0.6 is 0 Å². The van der Waals surface area contributed by atoms with Gasteiger partial charge in [0.1, 0.15) is 0 Å². The third-order valence-electron chi connectivity index (χ3n) is 7.27. The molecule has 1 fully saturated rings. The quantitative estimate of drug-likeness (QED) is 0.236. The minimum Gasteiger partial charge on any atom is -0.301 e. The van der Waals surface area contributed by atoms with Crippen molar-refractivity contribution in [2.24, 2.45) is 7.05 Å². The molecule has 7 nitrogen and oxygen atoms in total. The molecule has 5 rings (SSSR count). The van der Waals surface area contributed by atoms with Crippen molar-refractivity contribution in [3.8, 4) is 0 Å². The van der Waals surface area contributed by atoms with Crippen LogP contribution in [0.2, 0.25) is 0 Å². The van der Waals surface area contributed by atoms with Crippen LogP contribution in [0.1, 0.15) is 53.8 Å². The Morgan fingerprint density at radius 2 is 1.62 bits per heavy atom. The van der Waals surface area contributed by atoms with E-state index in [0.717, 1.165) is 41.4 Å². The number of pyridine rings is 1. The predicted molar refractivity (Wildman–Crippen MR) is 137 cm³/mol. The number of rotatable bonds is 7. The topological polar surface area (TPSA) is 63.0 Å². The van der Waals surface area contributed by atoms with E-state index in [1.165, 1.54) is 16.7 Å². The van der Waals surface area contributed by atoms with Crippen LogP contribution in [-0.2, 0) is 25.9 Å². The van der Waals surface area contributed by atoms with Gasteiger partial charge in [-0.05, 0) is 74.3 Å². The van der Waals surface area contributed by atoms with Crippen molar-refractivity contribution in [3.63, 3.8) is 0 Å². The lowest BCUT2D eigenvalue weighted by atomic mass is 10.00. The molecule has 0 N–H and O–H groups in total. The van der Waals surface area contributed by atoms with Crippen LogP contribution in [0.5, 0.6) is 0 Å². The van der Waals surface area contributed by atoms with Gasteiger partial charge in [-0.2, -0.15) is 31.1 Å². The summed E-state index contributed by atoms with van der Waals surface area (Å²) in [6.45, 7) is 3.45. The van der Waals surface area contributed by atoms with E-state index in [9.17, 15) is 26.3 Å². The smallest absolute Gasteiger partial charge is 0.301 e. The van der Waals surface area contributed by atoms with Gasteiger partial charge >= 0.3 is 12.4 Å². The number of halogens is 6. The molecular weight excluding hydrogens is 536 g/mol. The number of alkyl halides is 6. The van der Waals surface area contributed by atoms with Gasteiger partial charge in [0.2, 0.25) is 0 Å². The third kappa shape index (κ3) is 5.47. The highest BCUT2D eigenvalue weighted by atomic mass is 19.4. The fourth-order valence-electron chi connectivity index (χ4n) is 4.94. The number of anilines is 2. The van der Waals surface area contributed by atoms with E-state index in [1.54, 1.807) is 0 Å². The number of benzene rings is 2. The summed E-state index contributed by atoms with van der Waals surface area (Å²) in [5, 5.41) is 13.0. The van der Waals surface area contributed by atoms with E-state index in [-0.39, 0.29) is 30.2 Å². The Kier molecular flexibility index (Phi) is 6.97. The summed E-state index contributed by atoms with van der Waals surface area (Å²) in [6.07, 6.45) is -7.89. The Balaban J connectivity index is 1.73. The lowest BCUT2D eigenvalue weighted by Gasteiger charge is -2.31. The average molecular weight is 564 g/mol. The maximum Gasteiger partial charge on any atom is 0.416 e. The first-order chi connectivity index (χ1) is 18.7. The Labute approximate surface area is 226 Å². The summed E-state index contributed by atoms with van der Waals surface area (Å²) in [5.41, 5.74) is -0.401. The Hall–Kier alpha value is -3.74. The molecule has 1 aliphatic carbocycles. The number of aromatic nitrogens is 5. The molecule has 1 atom stereocenters. The van der Waals surface area contributed by atoms with Crippen molar-refractivity contribution in [1.82, 2.24) is 30.1 Å². The summed E-state index contributed by atoms with van der Waals surface area (Å²) in [7, 11) is 3.50. The number of tetrazole rings is 1. The molecule has 4 aromatic rings. The summed E-state index contributed by atoms with van der Waals surface area (Å²) in [6, 6.07) is 9.14. The average Bonchev–Trinajstić information content (AvgIpc) is 3.65. The minimum absolute atomic E-state index is 0.0242. The lowest BCUT2D eigenvalue weighted by Crippen LogP contribution is -2.29. The highest BCUT2D eigenvalue weighted by molar-refractivity contribution is 5.89. The van der Waals surface area contributed by atoms with Crippen LogP contribution in [0, 0.1) is 6.92 Å². The van der Waals surface area contributed by atoms with E-state index in [0.29, 0.717) is 17.4 Å². The van der Waals surface area contributed by atoms with Gasteiger partial charge in [-0.15, -0.1) is 5.10 Å². The first-order valence-electron chi connectivity index (χ1n) is 12.6. The van der Waals surface area contributed by atoms with Crippen molar-refractivity contribution < 1.29 is 26.3 Å². The van der Waals surface area contributed by atoms with Gasteiger partial charge in [0.25, 0.3) is 5.95 Å². The van der Waals surface area contributed by atoms with Crippen LogP contribution in [-0.4, -0.2) is 43.2 Å². The maximum absolute atomic E-state index is 13.7. The number of aryl methyl sites for hydroxylation is 2. The number of hydrogen-bond acceptors (Lipinski definition) is 6. The molecule has 0 spiro atoms. The summed E-state index contributed by atoms with van der Waals surface area (Å²) < 4.78 is 82.0. The number of hydrogen-bond donors (Lipinski definition) is 0. The number of fused-ring (bicyclic) bond motifs is 1. The molecular formula is C27H27F6N7. The summed E-state index contributed by atoms with van der Waals surface area (Å²) in [4.78, 5) is 9.81. The zero-order valence-corrected chi connectivity index (χ0v) is 22.2. The highest BCUT2D eigenvalue weighted by Crippen LogP contribution is 2.42. The molecule has 2 heterocycles. The maximum atomic E-state index is 13.7. The lowest BCUT2D eigenvalue weighted by molar-refractivity contribution is -0.143. The summed E-state index contributed by atoms with van der Waals surface area (Å²) in [5.74, 6) is 0.0242. The standard InChI is InChI=1S/C27H27F6N7/c1-15-21-7-5-6-8-22(21)34-23(16(2)38(3)20-9-10-20)24(15)40(25-35-37-39(4)36-25)14-17-11-18(26(28,29)30)13-19(12-17)27(31,32)33/h5-8,11-13,16,20H,9-10,14H2,1-4H3. The predicted octanol–water partition coefficient (Wildman–Crippen LogP) is 6.60. The largest absolute Gasteiger partial charge is 0.416 e. The number of para-hydroxylation sites is 1. The SMILES string of the molecule is Cc1c(N(Cc2cc(C(F)(F)F)cc(C(F)(F)F)c2)c2nnn(C)n2)c(C(C)N(C)C2CC2)nc2ccccc12. The second kappa shape index (κ2) is 10.0. The van der Waals surface area contributed by atoms with Crippen LogP contribution in [0.3, 0.4) is 0 Å². The fraction of sp³-hybridized carbons (Fsp3) is 0.407. The Morgan fingerprint density at radius 1 is 1.00 bits per heavy atom. The Morgan fingerprint density at radius 3 is 2.17 bits per heavy atom. The first-order valence-corrected chi connectivity index (χ1v) is 12.6. The van der Waals surface area contributed by atoms with Gasteiger partial charge < -0.3 is 4.90 Å². The van der Waals surface area contributed by atoms with Crippen LogP contribution in [0.25, 0.3) is 10.9 Å². The number of nitrogens with zero attached hydrogens (tertiary/aromatic N) is 7. The molecule has 0 amide bonds. The van der Waals surface area contributed by atoms with Gasteiger partial charge in [-0.3, -0.25) is 4.90 Å². The van der Waals surface area contributed by atoms with E-state index in [2.05, 4.69) is 20.3 Å². The Bertz CT molecular complexity index is 1510. The third-order valence-corrected chi connectivity index (χ3v) is 7.27. The molecule has 0 aliphatic heterocycles. The molecule has 13 heteroatoms. The molecule has 1 unspecified atom stereocenters. The molecule has 2 aromatic carbocycles. The van der Waals surface area contributed by atoms with Crippen molar-refractivity contribution in [2.75, 3.05) is 11.9 Å². The van der Waals surface area contributed by atoms with Gasteiger partial charge in [0.15, 0.2) is 0 Å². The zero-order chi connectivity index (χ0) is 29.0. The zero-order valence-electron chi connectivity index (χ0n) is 22.2. The van der Waals surface area contributed by atoms with Gasteiger partial charge in [-0.25, -0.2) is 4.98 Å². The van der Waals surface area contributed by atoms with Crippen molar-refractivity contribution >= 4 is 22.5 Å². The van der Waals surface area contributed by atoms with Crippen molar-refractivity contribution in [3.05, 3.63) is 70.4 Å². The molecule has 1 aliphatic rings. The molecule has 1 saturated carbocycles. The second-order valence-corrected chi connectivity index (χ2v) is 10.1. The molecule has 0 saturated heterocycles. The minimum atomic E-state index is -4.97. The summed E-state index contributed by atoms with van der Waals surface area (Å²) >= 11 is 0. The monoisotopic (exact) mass is 563 g/mol. The molecule has 212 valence electrons. The highest BCUT2D eigenvalue weighted by Gasteiger charge is 2.38. The first kappa shape index (κ1) is 27.8. The molecule has 0 radical (unpaired) electrons. The molecule has 2 aromatic heterocycles. The molecule has 0 bridgehead atoms. The van der Waals surface area contributed by atoms with Gasteiger partial charge in [0, 0.05) is 11.4 Å². The van der Waals surface area contributed by atoms with E-state index >= 15 is 0 Å². The van der Waals surface area contributed by atoms with E-state index in [4.69, 9.17) is 4.98 Å². The molecule has 40 heavy (non-hydrogen) atoms. The van der Waals surface area contributed by atoms with Gasteiger partial charge in [0.05, 0.1) is 47.7 Å².